The number of carbonyl (C=O) groups is 1. The zero-order valence-corrected chi connectivity index (χ0v) is 14.0. The van der Waals surface area contributed by atoms with E-state index in [1.165, 1.54) is 0 Å². The Morgan fingerprint density at radius 2 is 1.62 bits per heavy atom. The number of anilines is 1. The number of rotatable bonds is 3. The second-order valence-electron chi connectivity index (χ2n) is 5.30. The summed E-state index contributed by atoms with van der Waals surface area (Å²) in [7, 11) is 0. The van der Waals surface area contributed by atoms with Gasteiger partial charge in [0.15, 0.2) is 0 Å². The van der Waals surface area contributed by atoms with Crippen molar-refractivity contribution in [2.75, 3.05) is 5.32 Å². The molecule has 0 aliphatic rings. The summed E-state index contributed by atoms with van der Waals surface area (Å²) in [6, 6.07) is 10.9. The molecule has 0 spiro atoms. The van der Waals surface area contributed by atoms with Crippen molar-refractivity contribution < 1.29 is 4.79 Å². The van der Waals surface area contributed by atoms with Crippen molar-refractivity contribution in [1.29, 1.82) is 0 Å². The normalized spacial score (nSPS) is 12.0. The Kier molecular flexibility index (Phi) is 4.80. The number of halogens is 1. The fraction of sp³-hybridized carbons (Fsp3) is 0.235. The minimum absolute atomic E-state index is 0.208. The van der Waals surface area contributed by atoms with Gasteiger partial charge in [0, 0.05) is 10.2 Å². The van der Waals surface area contributed by atoms with Gasteiger partial charge in [-0.2, -0.15) is 0 Å². The Morgan fingerprint density at radius 1 is 1.10 bits per heavy atom. The van der Waals surface area contributed by atoms with E-state index in [-0.39, 0.29) is 5.91 Å². The zero-order valence-electron chi connectivity index (χ0n) is 12.4. The standard InChI is InChI=1S/C17H19BrN2O/c1-10-4-6-13(7-5-10)16(19)17(21)20-14-8-11(2)15(18)12(3)9-14/h4-9,16H,19H2,1-3H3,(H,20,21). The van der Waals surface area contributed by atoms with Crippen molar-refractivity contribution in [2.24, 2.45) is 5.73 Å². The quantitative estimate of drug-likeness (QED) is 0.881. The number of carbonyl (C=O) groups excluding carboxylic acids is 1. The van der Waals surface area contributed by atoms with Gasteiger partial charge in [0.05, 0.1) is 0 Å². The Balaban J connectivity index is 2.16. The predicted molar refractivity (Wildman–Crippen MR) is 90.4 cm³/mol. The van der Waals surface area contributed by atoms with Crippen LogP contribution in [0.3, 0.4) is 0 Å². The molecule has 0 aliphatic heterocycles. The molecule has 0 saturated heterocycles. The van der Waals surface area contributed by atoms with Crippen LogP contribution in [0.25, 0.3) is 0 Å². The number of hydrogen-bond donors (Lipinski definition) is 2. The van der Waals surface area contributed by atoms with Crippen molar-refractivity contribution in [3.63, 3.8) is 0 Å². The number of hydrogen-bond acceptors (Lipinski definition) is 2. The van der Waals surface area contributed by atoms with Crippen LogP contribution in [0.4, 0.5) is 5.69 Å². The first-order valence-electron chi connectivity index (χ1n) is 6.78. The second kappa shape index (κ2) is 6.41. The molecule has 3 N–H and O–H groups in total. The molecule has 110 valence electrons. The van der Waals surface area contributed by atoms with E-state index in [0.717, 1.165) is 32.4 Å². The van der Waals surface area contributed by atoms with Gasteiger partial charge in [-0.1, -0.05) is 45.8 Å². The third kappa shape index (κ3) is 3.71. The van der Waals surface area contributed by atoms with Crippen LogP contribution in [0.5, 0.6) is 0 Å². The molecule has 0 radical (unpaired) electrons. The maximum absolute atomic E-state index is 12.3. The fourth-order valence-corrected chi connectivity index (χ4v) is 2.39. The molecule has 0 fully saturated rings. The van der Waals surface area contributed by atoms with Crippen molar-refractivity contribution in [2.45, 2.75) is 26.8 Å². The van der Waals surface area contributed by atoms with Gasteiger partial charge in [-0.15, -0.1) is 0 Å². The average molecular weight is 347 g/mol. The van der Waals surface area contributed by atoms with Gasteiger partial charge in [0.25, 0.3) is 0 Å². The van der Waals surface area contributed by atoms with Gasteiger partial charge in [-0.3, -0.25) is 4.79 Å². The van der Waals surface area contributed by atoms with E-state index in [1.807, 2.05) is 57.2 Å². The first kappa shape index (κ1) is 15.7. The molecule has 0 bridgehead atoms. The molecular weight excluding hydrogens is 328 g/mol. The first-order valence-corrected chi connectivity index (χ1v) is 7.57. The molecule has 1 atom stereocenters. The third-order valence-electron chi connectivity index (χ3n) is 3.42. The van der Waals surface area contributed by atoms with E-state index in [9.17, 15) is 4.79 Å². The van der Waals surface area contributed by atoms with Gasteiger partial charge in [0.1, 0.15) is 6.04 Å². The third-order valence-corrected chi connectivity index (χ3v) is 4.67. The van der Waals surface area contributed by atoms with Crippen molar-refractivity contribution in [1.82, 2.24) is 0 Å². The summed E-state index contributed by atoms with van der Waals surface area (Å²) in [6.45, 7) is 5.99. The number of benzene rings is 2. The minimum atomic E-state index is -0.671. The summed E-state index contributed by atoms with van der Waals surface area (Å²) in [5.74, 6) is -0.208. The van der Waals surface area contributed by atoms with Gasteiger partial charge in [0.2, 0.25) is 5.91 Å². The maximum Gasteiger partial charge on any atom is 0.245 e. The largest absolute Gasteiger partial charge is 0.324 e. The molecule has 2 aromatic rings. The Hall–Kier alpha value is -1.65. The van der Waals surface area contributed by atoms with Crippen molar-refractivity contribution >= 4 is 27.5 Å². The van der Waals surface area contributed by atoms with Crippen LogP contribution in [0, 0.1) is 20.8 Å². The molecule has 21 heavy (non-hydrogen) atoms. The van der Waals surface area contributed by atoms with Gasteiger partial charge < -0.3 is 11.1 Å². The van der Waals surface area contributed by atoms with Gasteiger partial charge in [-0.25, -0.2) is 0 Å². The number of amides is 1. The van der Waals surface area contributed by atoms with Crippen LogP contribution in [0.2, 0.25) is 0 Å². The van der Waals surface area contributed by atoms with E-state index in [1.54, 1.807) is 0 Å². The molecular formula is C17H19BrN2O. The Bertz CT molecular complexity index is 642. The monoisotopic (exact) mass is 346 g/mol. The molecule has 3 nitrogen and oxygen atoms in total. The average Bonchev–Trinajstić information content (AvgIpc) is 2.44. The lowest BCUT2D eigenvalue weighted by Crippen LogP contribution is -2.27. The lowest BCUT2D eigenvalue weighted by molar-refractivity contribution is -0.117. The van der Waals surface area contributed by atoms with Crippen LogP contribution in [-0.4, -0.2) is 5.91 Å². The van der Waals surface area contributed by atoms with E-state index in [4.69, 9.17) is 5.73 Å². The van der Waals surface area contributed by atoms with E-state index >= 15 is 0 Å². The number of aryl methyl sites for hydroxylation is 3. The highest BCUT2D eigenvalue weighted by Crippen LogP contribution is 2.25. The first-order chi connectivity index (χ1) is 9.88. The van der Waals surface area contributed by atoms with Crippen LogP contribution in [-0.2, 0) is 4.79 Å². The Labute approximate surface area is 133 Å². The minimum Gasteiger partial charge on any atom is -0.324 e. The summed E-state index contributed by atoms with van der Waals surface area (Å²) in [5.41, 5.74) is 10.9. The lowest BCUT2D eigenvalue weighted by atomic mass is 10.0. The molecule has 1 unspecified atom stereocenters. The highest BCUT2D eigenvalue weighted by Gasteiger charge is 2.16. The van der Waals surface area contributed by atoms with Crippen molar-refractivity contribution in [3.8, 4) is 0 Å². The molecule has 2 rings (SSSR count). The van der Waals surface area contributed by atoms with Crippen LogP contribution >= 0.6 is 15.9 Å². The SMILES string of the molecule is Cc1ccc(C(N)C(=O)Nc2cc(C)c(Br)c(C)c2)cc1. The molecule has 0 saturated carbocycles. The van der Waals surface area contributed by atoms with Crippen molar-refractivity contribution in [3.05, 3.63) is 63.1 Å². The molecule has 1 amide bonds. The maximum atomic E-state index is 12.3. The van der Waals surface area contributed by atoms with E-state index in [2.05, 4.69) is 21.2 Å². The summed E-state index contributed by atoms with van der Waals surface area (Å²) < 4.78 is 1.06. The van der Waals surface area contributed by atoms with Gasteiger partial charge >= 0.3 is 0 Å². The van der Waals surface area contributed by atoms with E-state index in [0.29, 0.717) is 0 Å². The molecule has 0 aliphatic carbocycles. The highest BCUT2D eigenvalue weighted by molar-refractivity contribution is 9.10. The fourth-order valence-electron chi connectivity index (χ4n) is 2.16. The highest BCUT2D eigenvalue weighted by atomic mass is 79.9. The van der Waals surface area contributed by atoms with E-state index < -0.39 is 6.04 Å². The van der Waals surface area contributed by atoms with Gasteiger partial charge in [-0.05, 0) is 49.6 Å². The van der Waals surface area contributed by atoms with Crippen LogP contribution in [0.1, 0.15) is 28.3 Å². The molecule has 4 heteroatoms. The second-order valence-corrected chi connectivity index (χ2v) is 6.09. The summed E-state index contributed by atoms with van der Waals surface area (Å²) in [5, 5.41) is 2.88. The summed E-state index contributed by atoms with van der Waals surface area (Å²) in [4.78, 5) is 12.3. The molecule has 0 heterocycles. The Morgan fingerprint density at radius 3 is 2.14 bits per heavy atom. The zero-order chi connectivity index (χ0) is 15.6. The van der Waals surface area contributed by atoms with Crippen LogP contribution in [0.15, 0.2) is 40.9 Å². The lowest BCUT2D eigenvalue weighted by Gasteiger charge is -2.14. The smallest absolute Gasteiger partial charge is 0.245 e. The number of nitrogens with one attached hydrogen (secondary N) is 1. The van der Waals surface area contributed by atoms with Crippen LogP contribution < -0.4 is 11.1 Å². The summed E-state index contributed by atoms with van der Waals surface area (Å²) in [6.07, 6.45) is 0. The molecule has 0 aromatic heterocycles. The summed E-state index contributed by atoms with van der Waals surface area (Å²) >= 11 is 3.51. The molecule has 2 aromatic carbocycles. The predicted octanol–water partition coefficient (Wildman–Crippen LogP) is 4.01. The topological polar surface area (TPSA) is 55.1 Å². The number of nitrogens with two attached hydrogens (primary N) is 1.